The van der Waals surface area contributed by atoms with Crippen molar-refractivity contribution in [2.75, 3.05) is 0 Å². The predicted molar refractivity (Wildman–Crippen MR) is 104 cm³/mol. The second-order valence-electron chi connectivity index (χ2n) is 7.25. The Labute approximate surface area is 156 Å². The van der Waals surface area contributed by atoms with Gasteiger partial charge in [-0.3, -0.25) is 4.55 Å². The second-order valence-corrected chi connectivity index (χ2v) is 8.28. The summed E-state index contributed by atoms with van der Waals surface area (Å²) in [6, 6.07) is 0. The minimum absolute atomic E-state index is 0.196. The summed E-state index contributed by atoms with van der Waals surface area (Å²) < 4.78 is 33.1. The van der Waals surface area contributed by atoms with Crippen LogP contribution in [0.25, 0.3) is 0 Å². The lowest BCUT2D eigenvalue weighted by Crippen LogP contribution is -2.19. The van der Waals surface area contributed by atoms with E-state index in [1.807, 2.05) is 13.0 Å². The molecule has 5 nitrogen and oxygen atoms in total. The first-order valence-electron chi connectivity index (χ1n) is 8.53. The van der Waals surface area contributed by atoms with E-state index in [-0.39, 0.29) is 5.41 Å². The minimum Gasteiger partial charge on any atom is -0.321 e. The molecule has 1 rings (SSSR count). The van der Waals surface area contributed by atoms with Crippen molar-refractivity contribution in [1.29, 1.82) is 0 Å². The zero-order chi connectivity index (χ0) is 20.0. The highest BCUT2D eigenvalue weighted by molar-refractivity contribution is 7.81. The first kappa shape index (κ1) is 22.1. The van der Waals surface area contributed by atoms with Crippen LogP contribution in [0.3, 0.4) is 0 Å². The van der Waals surface area contributed by atoms with Gasteiger partial charge < -0.3 is 4.18 Å². The summed E-state index contributed by atoms with van der Waals surface area (Å²) in [6.45, 7) is 10.3. The van der Waals surface area contributed by atoms with Crippen LogP contribution in [0, 0.1) is 5.41 Å². The van der Waals surface area contributed by atoms with Crippen molar-refractivity contribution in [3.63, 3.8) is 0 Å². The summed E-state index contributed by atoms with van der Waals surface area (Å²) in [5.74, 6) is -1.14. The van der Waals surface area contributed by atoms with Gasteiger partial charge >= 0.3 is 16.4 Å². The molecule has 0 aromatic rings. The summed E-state index contributed by atoms with van der Waals surface area (Å²) >= 11 is 0. The number of carbonyl (C=O) groups excluding carboxylic acids is 1. The van der Waals surface area contributed by atoms with Crippen molar-refractivity contribution < 1.29 is 21.9 Å². The fraction of sp³-hybridized carbons (Fsp3) is 0.450. The first-order chi connectivity index (χ1) is 11.9. The normalized spacial score (nSPS) is 19.5. The molecular formula is C20H28O5S. The summed E-state index contributed by atoms with van der Waals surface area (Å²) in [5.41, 5.74) is 4.58. The van der Waals surface area contributed by atoms with Gasteiger partial charge in [-0.05, 0) is 56.6 Å². The van der Waals surface area contributed by atoms with Crippen molar-refractivity contribution in [2.24, 2.45) is 5.41 Å². The van der Waals surface area contributed by atoms with Crippen molar-refractivity contribution in [3.8, 4) is 0 Å². The van der Waals surface area contributed by atoms with Crippen LogP contribution in [-0.4, -0.2) is 18.9 Å². The monoisotopic (exact) mass is 380 g/mol. The van der Waals surface area contributed by atoms with Gasteiger partial charge in [0.05, 0.1) is 0 Å². The maximum atomic E-state index is 11.2. The standard InChI is InChI=1S/C20H28O5S/c1-15(11-12-18-17(3)10-7-13-20(18,4)5)8-6-9-16(2)14-19(21)25-26(22,23)24/h6,8-9,11-12,14H,7,10,13H2,1-5H3,(H,22,23,24). The molecule has 0 spiro atoms. The molecule has 0 aromatic heterocycles. The van der Waals surface area contributed by atoms with Crippen LogP contribution >= 0.6 is 0 Å². The molecule has 0 fully saturated rings. The van der Waals surface area contributed by atoms with Gasteiger partial charge in [0.2, 0.25) is 0 Å². The first-order valence-corrected chi connectivity index (χ1v) is 9.90. The molecule has 0 heterocycles. The maximum absolute atomic E-state index is 11.2. The van der Waals surface area contributed by atoms with E-state index in [1.54, 1.807) is 19.1 Å². The minimum atomic E-state index is -4.78. The lowest BCUT2D eigenvalue weighted by Gasteiger charge is -2.32. The van der Waals surface area contributed by atoms with E-state index in [2.05, 4.69) is 37.1 Å². The molecular weight excluding hydrogens is 352 g/mol. The van der Waals surface area contributed by atoms with E-state index >= 15 is 0 Å². The topological polar surface area (TPSA) is 80.7 Å². The molecule has 1 aliphatic carbocycles. The van der Waals surface area contributed by atoms with Gasteiger partial charge in [-0.1, -0.05) is 55.4 Å². The average molecular weight is 381 g/mol. The van der Waals surface area contributed by atoms with Gasteiger partial charge in [-0.25, -0.2) is 4.79 Å². The zero-order valence-electron chi connectivity index (χ0n) is 16.1. The molecule has 1 N–H and O–H groups in total. The van der Waals surface area contributed by atoms with Gasteiger partial charge in [-0.15, -0.1) is 0 Å². The Morgan fingerprint density at radius 1 is 1.19 bits per heavy atom. The van der Waals surface area contributed by atoms with Crippen LogP contribution in [0.1, 0.15) is 53.9 Å². The van der Waals surface area contributed by atoms with E-state index in [1.165, 1.54) is 24.0 Å². The fourth-order valence-corrected chi connectivity index (χ4v) is 3.25. The third-order valence-corrected chi connectivity index (χ3v) is 4.68. The molecule has 0 radical (unpaired) electrons. The molecule has 0 saturated heterocycles. The van der Waals surface area contributed by atoms with Gasteiger partial charge in [0.1, 0.15) is 0 Å². The van der Waals surface area contributed by atoms with Crippen LogP contribution in [-0.2, 0) is 19.4 Å². The van der Waals surface area contributed by atoms with Gasteiger partial charge in [0.15, 0.2) is 0 Å². The Hall–Kier alpha value is -1.92. The predicted octanol–water partition coefficient (Wildman–Crippen LogP) is 4.86. The number of hydrogen-bond acceptors (Lipinski definition) is 4. The largest absolute Gasteiger partial charge is 0.449 e. The third kappa shape index (κ3) is 7.97. The Bertz CT molecular complexity index is 790. The SMILES string of the molecule is CC(C=CC1=C(C)CCCC1(C)C)=CC=CC(C)=CC(=O)OS(=O)(=O)O. The molecule has 0 unspecified atom stereocenters. The van der Waals surface area contributed by atoms with E-state index in [0.29, 0.717) is 5.57 Å². The quantitative estimate of drug-likeness (QED) is 0.404. The lowest BCUT2D eigenvalue weighted by atomic mass is 9.72. The number of hydrogen-bond donors (Lipinski definition) is 1. The molecule has 6 heteroatoms. The average Bonchev–Trinajstić information content (AvgIpc) is 2.43. The molecule has 26 heavy (non-hydrogen) atoms. The van der Waals surface area contributed by atoms with Crippen LogP contribution in [0.15, 0.2) is 58.7 Å². The van der Waals surface area contributed by atoms with Crippen LogP contribution in [0.5, 0.6) is 0 Å². The summed E-state index contributed by atoms with van der Waals surface area (Å²) in [7, 11) is -4.78. The summed E-state index contributed by atoms with van der Waals surface area (Å²) in [4.78, 5) is 11.2. The fourth-order valence-electron chi connectivity index (χ4n) is 2.99. The number of carbonyl (C=O) groups is 1. The van der Waals surface area contributed by atoms with E-state index in [0.717, 1.165) is 18.1 Å². The molecule has 0 aliphatic heterocycles. The molecule has 0 amide bonds. The van der Waals surface area contributed by atoms with Crippen molar-refractivity contribution >= 4 is 16.4 Å². The number of allylic oxidation sites excluding steroid dienone is 9. The van der Waals surface area contributed by atoms with Crippen molar-refractivity contribution in [2.45, 2.75) is 53.9 Å². The van der Waals surface area contributed by atoms with E-state index < -0.39 is 16.4 Å². The Kier molecular flexibility index (Phi) is 7.78. The molecule has 0 aromatic carbocycles. The second kappa shape index (κ2) is 9.14. The van der Waals surface area contributed by atoms with Crippen LogP contribution < -0.4 is 0 Å². The summed E-state index contributed by atoms with van der Waals surface area (Å²) in [6.07, 6.45) is 14.1. The highest BCUT2D eigenvalue weighted by atomic mass is 32.3. The molecule has 0 bridgehead atoms. The molecule has 1 aliphatic rings. The van der Waals surface area contributed by atoms with Crippen molar-refractivity contribution in [3.05, 3.63) is 58.7 Å². The van der Waals surface area contributed by atoms with Gasteiger partial charge in [0.25, 0.3) is 0 Å². The zero-order valence-corrected chi connectivity index (χ0v) is 16.9. The maximum Gasteiger partial charge on any atom is 0.449 e. The molecule has 0 saturated carbocycles. The molecule has 144 valence electrons. The van der Waals surface area contributed by atoms with Crippen molar-refractivity contribution in [1.82, 2.24) is 0 Å². The Balaban J connectivity index is 2.76. The third-order valence-electron chi connectivity index (χ3n) is 4.31. The lowest BCUT2D eigenvalue weighted by molar-refractivity contribution is -0.129. The smallest absolute Gasteiger partial charge is 0.321 e. The van der Waals surface area contributed by atoms with Gasteiger partial charge in [-0.2, -0.15) is 8.42 Å². The van der Waals surface area contributed by atoms with Gasteiger partial charge in [0, 0.05) is 6.08 Å². The highest BCUT2D eigenvalue weighted by Gasteiger charge is 2.26. The summed E-state index contributed by atoms with van der Waals surface area (Å²) in [5, 5.41) is 0. The van der Waals surface area contributed by atoms with Crippen LogP contribution in [0.2, 0.25) is 0 Å². The van der Waals surface area contributed by atoms with Crippen LogP contribution in [0.4, 0.5) is 0 Å². The van der Waals surface area contributed by atoms with E-state index in [9.17, 15) is 13.2 Å². The Morgan fingerprint density at radius 3 is 2.42 bits per heavy atom. The highest BCUT2D eigenvalue weighted by Crippen LogP contribution is 2.40. The Morgan fingerprint density at radius 2 is 1.85 bits per heavy atom. The van der Waals surface area contributed by atoms with E-state index in [4.69, 9.17) is 4.55 Å². The molecule has 0 atom stereocenters. The number of rotatable bonds is 6.